The molecule has 0 saturated carbocycles. The highest BCUT2D eigenvalue weighted by Gasteiger charge is 2.21. The highest BCUT2D eigenvalue weighted by Crippen LogP contribution is 2.10. The lowest BCUT2D eigenvalue weighted by atomic mass is 10.3. The van der Waals surface area contributed by atoms with Gasteiger partial charge in [0.25, 0.3) is 0 Å². The summed E-state index contributed by atoms with van der Waals surface area (Å²) in [5.74, 6) is -0.963. The first kappa shape index (κ1) is 17.5. The molecule has 2 N–H and O–H groups in total. The fourth-order valence-corrected chi connectivity index (χ4v) is 2.75. The third kappa shape index (κ3) is 5.78. The Morgan fingerprint density at radius 1 is 1.33 bits per heavy atom. The van der Waals surface area contributed by atoms with Gasteiger partial charge in [-0.25, -0.2) is 12.8 Å². The maximum Gasteiger partial charge on any atom is 0.241 e. The molecule has 0 aliphatic heterocycles. The molecule has 118 valence electrons. The Kier molecular flexibility index (Phi) is 6.73. The Bertz CT molecular complexity index is 560. The smallest absolute Gasteiger partial charge is 0.241 e. The summed E-state index contributed by atoms with van der Waals surface area (Å²) in [6.07, 6.45) is 0.639. The summed E-state index contributed by atoms with van der Waals surface area (Å²) in [7, 11) is -2.30. The van der Waals surface area contributed by atoms with Gasteiger partial charge in [-0.05, 0) is 37.6 Å². The molecule has 0 heterocycles. The third-order valence-electron chi connectivity index (χ3n) is 2.67. The van der Waals surface area contributed by atoms with Crippen molar-refractivity contribution in [2.24, 2.45) is 0 Å². The van der Waals surface area contributed by atoms with E-state index in [0.717, 1.165) is 24.3 Å². The third-order valence-corrected chi connectivity index (χ3v) is 4.23. The van der Waals surface area contributed by atoms with Gasteiger partial charge < -0.3 is 10.1 Å². The zero-order valence-corrected chi connectivity index (χ0v) is 12.7. The van der Waals surface area contributed by atoms with Gasteiger partial charge in [0.1, 0.15) is 5.82 Å². The Balaban J connectivity index is 2.58. The summed E-state index contributed by atoms with van der Waals surface area (Å²) >= 11 is 0. The predicted molar refractivity (Wildman–Crippen MR) is 75.7 cm³/mol. The molecule has 0 aliphatic rings. The van der Waals surface area contributed by atoms with E-state index in [4.69, 9.17) is 4.74 Å². The van der Waals surface area contributed by atoms with Crippen molar-refractivity contribution < 1.29 is 22.3 Å². The van der Waals surface area contributed by atoms with Gasteiger partial charge in [0, 0.05) is 20.3 Å². The molecule has 1 atom stereocenters. The second-order valence-corrected chi connectivity index (χ2v) is 6.15. The van der Waals surface area contributed by atoms with Crippen LogP contribution < -0.4 is 10.0 Å². The molecule has 0 saturated heterocycles. The molecule has 0 unspecified atom stereocenters. The van der Waals surface area contributed by atoms with E-state index in [0.29, 0.717) is 19.6 Å². The molecule has 1 aromatic rings. The van der Waals surface area contributed by atoms with E-state index in [1.807, 2.05) is 0 Å². The zero-order valence-electron chi connectivity index (χ0n) is 11.9. The molecular formula is C13H19FN2O4S. The molecule has 0 aliphatic carbocycles. The highest BCUT2D eigenvalue weighted by atomic mass is 32.2. The average Bonchev–Trinajstić information content (AvgIpc) is 2.43. The fraction of sp³-hybridized carbons (Fsp3) is 0.462. The van der Waals surface area contributed by atoms with E-state index in [9.17, 15) is 17.6 Å². The maximum absolute atomic E-state index is 12.8. The topological polar surface area (TPSA) is 84.5 Å². The van der Waals surface area contributed by atoms with Crippen LogP contribution in [-0.2, 0) is 19.6 Å². The van der Waals surface area contributed by atoms with Crippen molar-refractivity contribution >= 4 is 15.9 Å². The lowest BCUT2D eigenvalue weighted by molar-refractivity contribution is -0.122. The van der Waals surface area contributed by atoms with Crippen LogP contribution in [0, 0.1) is 5.82 Å². The maximum atomic E-state index is 12.8. The van der Waals surface area contributed by atoms with Crippen LogP contribution in [0.25, 0.3) is 0 Å². The molecular weight excluding hydrogens is 299 g/mol. The van der Waals surface area contributed by atoms with Gasteiger partial charge in [-0.2, -0.15) is 4.72 Å². The van der Waals surface area contributed by atoms with Gasteiger partial charge in [0.05, 0.1) is 10.9 Å². The van der Waals surface area contributed by atoms with Gasteiger partial charge in [-0.3, -0.25) is 4.79 Å². The van der Waals surface area contributed by atoms with E-state index < -0.39 is 27.8 Å². The summed E-state index contributed by atoms with van der Waals surface area (Å²) in [4.78, 5) is 11.6. The number of methoxy groups -OCH3 is 1. The van der Waals surface area contributed by atoms with E-state index in [1.54, 1.807) is 7.11 Å². The number of carbonyl (C=O) groups excluding carboxylic acids is 1. The van der Waals surface area contributed by atoms with Gasteiger partial charge in [-0.1, -0.05) is 0 Å². The molecule has 21 heavy (non-hydrogen) atoms. The van der Waals surface area contributed by atoms with E-state index in [2.05, 4.69) is 10.0 Å². The quantitative estimate of drug-likeness (QED) is 0.689. The predicted octanol–water partition coefficient (Wildman–Crippen LogP) is 0.645. The number of hydrogen-bond donors (Lipinski definition) is 2. The van der Waals surface area contributed by atoms with Crippen molar-refractivity contribution in [3.8, 4) is 0 Å². The number of amides is 1. The minimum atomic E-state index is -3.86. The summed E-state index contributed by atoms with van der Waals surface area (Å²) in [5.41, 5.74) is 0. The van der Waals surface area contributed by atoms with E-state index in [-0.39, 0.29) is 4.90 Å². The summed E-state index contributed by atoms with van der Waals surface area (Å²) in [6, 6.07) is 3.44. The van der Waals surface area contributed by atoms with Crippen LogP contribution in [0.15, 0.2) is 29.2 Å². The molecule has 0 aromatic heterocycles. The molecule has 8 heteroatoms. The fourth-order valence-electron chi connectivity index (χ4n) is 1.55. The van der Waals surface area contributed by atoms with Crippen LogP contribution in [0.2, 0.25) is 0 Å². The van der Waals surface area contributed by atoms with Crippen molar-refractivity contribution in [1.29, 1.82) is 0 Å². The molecule has 1 amide bonds. The summed E-state index contributed by atoms with van der Waals surface area (Å²) in [5, 5.41) is 2.59. The minimum Gasteiger partial charge on any atom is -0.385 e. The second-order valence-electron chi connectivity index (χ2n) is 4.43. The van der Waals surface area contributed by atoms with Crippen LogP contribution in [0.5, 0.6) is 0 Å². The van der Waals surface area contributed by atoms with Crippen LogP contribution in [0.4, 0.5) is 4.39 Å². The molecule has 0 radical (unpaired) electrons. The Morgan fingerprint density at radius 2 is 1.95 bits per heavy atom. The van der Waals surface area contributed by atoms with Crippen molar-refractivity contribution in [2.45, 2.75) is 24.3 Å². The van der Waals surface area contributed by atoms with E-state index >= 15 is 0 Å². The number of rotatable bonds is 8. The first-order valence-corrected chi connectivity index (χ1v) is 7.89. The van der Waals surface area contributed by atoms with Crippen molar-refractivity contribution in [3.05, 3.63) is 30.1 Å². The monoisotopic (exact) mass is 318 g/mol. The average molecular weight is 318 g/mol. The molecule has 6 nitrogen and oxygen atoms in total. The lowest BCUT2D eigenvalue weighted by Crippen LogP contribution is -2.45. The Labute approximate surface area is 123 Å². The molecule has 1 aromatic carbocycles. The highest BCUT2D eigenvalue weighted by molar-refractivity contribution is 7.89. The van der Waals surface area contributed by atoms with Crippen molar-refractivity contribution in [1.82, 2.24) is 10.0 Å². The minimum absolute atomic E-state index is 0.0945. The first-order chi connectivity index (χ1) is 9.86. The number of hydrogen-bond acceptors (Lipinski definition) is 4. The first-order valence-electron chi connectivity index (χ1n) is 6.41. The molecule has 0 spiro atoms. The second kappa shape index (κ2) is 8.06. The summed E-state index contributed by atoms with van der Waals surface area (Å²) < 4.78 is 43.9. The summed E-state index contributed by atoms with van der Waals surface area (Å²) in [6.45, 7) is 2.35. The van der Waals surface area contributed by atoms with Gasteiger partial charge in [-0.15, -0.1) is 0 Å². The normalized spacial score (nSPS) is 12.9. The van der Waals surface area contributed by atoms with Gasteiger partial charge >= 0.3 is 0 Å². The number of benzene rings is 1. The van der Waals surface area contributed by atoms with Crippen molar-refractivity contribution in [3.63, 3.8) is 0 Å². The Morgan fingerprint density at radius 3 is 2.52 bits per heavy atom. The van der Waals surface area contributed by atoms with Crippen LogP contribution in [0.1, 0.15) is 13.3 Å². The van der Waals surface area contributed by atoms with Crippen molar-refractivity contribution in [2.75, 3.05) is 20.3 Å². The van der Waals surface area contributed by atoms with Crippen LogP contribution >= 0.6 is 0 Å². The number of nitrogens with one attached hydrogen (secondary N) is 2. The van der Waals surface area contributed by atoms with Crippen LogP contribution in [-0.4, -0.2) is 40.6 Å². The van der Waals surface area contributed by atoms with Crippen LogP contribution in [0.3, 0.4) is 0 Å². The molecule has 1 rings (SSSR count). The Hall–Kier alpha value is -1.51. The molecule has 0 fully saturated rings. The molecule has 0 bridgehead atoms. The number of sulfonamides is 1. The van der Waals surface area contributed by atoms with Gasteiger partial charge in [0.2, 0.25) is 15.9 Å². The SMILES string of the molecule is COCCCNC(=O)[C@@H](C)NS(=O)(=O)c1ccc(F)cc1. The zero-order chi connectivity index (χ0) is 15.9. The number of carbonyl (C=O) groups is 1. The standard InChI is InChI=1S/C13H19FN2O4S/c1-10(13(17)15-8-3-9-20-2)16-21(18,19)12-6-4-11(14)5-7-12/h4-7,10,16H,3,8-9H2,1-2H3,(H,15,17)/t10-/m1/s1. The number of halogens is 1. The van der Waals surface area contributed by atoms with E-state index in [1.165, 1.54) is 6.92 Å². The number of ether oxygens (including phenoxy) is 1. The lowest BCUT2D eigenvalue weighted by Gasteiger charge is -2.14. The van der Waals surface area contributed by atoms with Gasteiger partial charge in [0.15, 0.2) is 0 Å². The largest absolute Gasteiger partial charge is 0.385 e.